The SMILES string of the molecule is C=C[C@H](C(=O)O)[C@H]1CCN(S(=O)(=O)c2ccc(C)cc2)C[C@@H]1/C=C/C(C)C. The quantitative estimate of drug-likeness (QED) is 0.719. The fourth-order valence-corrected chi connectivity index (χ4v) is 5.01. The molecule has 0 bridgehead atoms. The summed E-state index contributed by atoms with van der Waals surface area (Å²) in [5.41, 5.74) is 1.00. The molecule has 6 heteroatoms. The van der Waals surface area contributed by atoms with Crippen molar-refractivity contribution in [3.05, 3.63) is 54.6 Å². The van der Waals surface area contributed by atoms with Crippen LogP contribution in [0.15, 0.2) is 54.0 Å². The van der Waals surface area contributed by atoms with Crippen LogP contribution in [0.5, 0.6) is 0 Å². The largest absolute Gasteiger partial charge is 0.481 e. The van der Waals surface area contributed by atoms with Crippen LogP contribution in [0.2, 0.25) is 0 Å². The van der Waals surface area contributed by atoms with E-state index in [1.54, 1.807) is 24.3 Å². The summed E-state index contributed by atoms with van der Waals surface area (Å²) in [7, 11) is -3.60. The molecule has 0 amide bonds. The van der Waals surface area contributed by atoms with Crippen LogP contribution in [0.1, 0.15) is 25.8 Å². The molecular weight excluding hydrogens is 362 g/mol. The van der Waals surface area contributed by atoms with Gasteiger partial charge in [0.2, 0.25) is 10.0 Å². The van der Waals surface area contributed by atoms with Crippen molar-refractivity contribution in [1.82, 2.24) is 4.31 Å². The number of piperidine rings is 1. The molecule has 1 aromatic rings. The van der Waals surface area contributed by atoms with Crippen molar-refractivity contribution in [2.24, 2.45) is 23.7 Å². The molecule has 148 valence electrons. The summed E-state index contributed by atoms with van der Waals surface area (Å²) >= 11 is 0. The zero-order valence-electron chi connectivity index (χ0n) is 16.2. The topological polar surface area (TPSA) is 74.7 Å². The van der Waals surface area contributed by atoms with E-state index in [2.05, 4.69) is 6.58 Å². The zero-order valence-corrected chi connectivity index (χ0v) is 17.0. The molecule has 1 saturated heterocycles. The van der Waals surface area contributed by atoms with Crippen LogP contribution < -0.4 is 0 Å². The number of aryl methyl sites for hydroxylation is 1. The molecule has 2 rings (SSSR count). The second kappa shape index (κ2) is 8.85. The minimum atomic E-state index is -3.60. The summed E-state index contributed by atoms with van der Waals surface area (Å²) in [6, 6.07) is 6.82. The Morgan fingerprint density at radius 1 is 1.30 bits per heavy atom. The van der Waals surface area contributed by atoms with Gasteiger partial charge in [-0.25, -0.2) is 8.42 Å². The van der Waals surface area contributed by atoms with E-state index >= 15 is 0 Å². The molecule has 0 aromatic heterocycles. The fraction of sp³-hybridized carbons (Fsp3) is 0.476. The summed E-state index contributed by atoms with van der Waals surface area (Å²) in [6.07, 6.45) is 5.95. The highest BCUT2D eigenvalue weighted by molar-refractivity contribution is 7.89. The molecule has 3 atom stereocenters. The fourth-order valence-electron chi connectivity index (χ4n) is 3.52. The first-order valence-electron chi connectivity index (χ1n) is 9.27. The van der Waals surface area contributed by atoms with Gasteiger partial charge in [-0.15, -0.1) is 6.58 Å². The highest BCUT2D eigenvalue weighted by Gasteiger charge is 2.39. The third-order valence-corrected chi connectivity index (χ3v) is 6.96. The number of carboxylic acids is 1. The van der Waals surface area contributed by atoms with E-state index < -0.39 is 21.9 Å². The van der Waals surface area contributed by atoms with Crippen LogP contribution in [0.3, 0.4) is 0 Å². The van der Waals surface area contributed by atoms with Gasteiger partial charge in [0, 0.05) is 13.1 Å². The van der Waals surface area contributed by atoms with E-state index in [4.69, 9.17) is 0 Å². The Morgan fingerprint density at radius 3 is 2.44 bits per heavy atom. The summed E-state index contributed by atoms with van der Waals surface area (Å²) in [5, 5.41) is 9.52. The van der Waals surface area contributed by atoms with Crippen molar-refractivity contribution in [2.75, 3.05) is 13.1 Å². The molecule has 1 fully saturated rings. The Labute approximate surface area is 162 Å². The second-order valence-electron chi connectivity index (χ2n) is 7.52. The molecule has 0 radical (unpaired) electrons. The van der Waals surface area contributed by atoms with Crippen molar-refractivity contribution in [3.8, 4) is 0 Å². The second-order valence-corrected chi connectivity index (χ2v) is 9.46. The zero-order chi connectivity index (χ0) is 20.2. The lowest BCUT2D eigenvalue weighted by Crippen LogP contribution is -2.46. The van der Waals surface area contributed by atoms with Gasteiger partial charge in [-0.3, -0.25) is 4.79 Å². The smallest absolute Gasteiger partial charge is 0.310 e. The molecule has 1 aliphatic rings. The Hall–Kier alpha value is -1.92. The van der Waals surface area contributed by atoms with Crippen LogP contribution in [0, 0.1) is 30.6 Å². The van der Waals surface area contributed by atoms with Gasteiger partial charge in [0.05, 0.1) is 10.8 Å². The minimum Gasteiger partial charge on any atom is -0.481 e. The van der Waals surface area contributed by atoms with Crippen molar-refractivity contribution in [1.29, 1.82) is 0 Å². The Kier molecular flexibility index (Phi) is 7.00. The Balaban J connectivity index is 2.31. The molecule has 1 N–H and O–H groups in total. The van der Waals surface area contributed by atoms with E-state index in [0.717, 1.165) is 5.56 Å². The molecule has 27 heavy (non-hydrogen) atoms. The van der Waals surface area contributed by atoms with Crippen LogP contribution in [-0.2, 0) is 14.8 Å². The van der Waals surface area contributed by atoms with Crippen molar-refractivity contribution >= 4 is 16.0 Å². The number of allylic oxidation sites excluding steroid dienone is 1. The number of carboxylic acid groups (broad SMARTS) is 1. The van der Waals surface area contributed by atoms with Crippen LogP contribution in [-0.4, -0.2) is 36.9 Å². The third-order valence-electron chi connectivity index (χ3n) is 5.08. The van der Waals surface area contributed by atoms with Gasteiger partial charge in [-0.2, -0.15) is 4.31 Å². The predicted molar refractivity (Wildman–Crippen MR) is 107 cm³/mol. The van der Waals surface area contributed by atoms with E-state index in [9.17, 15) is 18.3 Å². The summed E-state index contributed by atoms with van der Waals surface area (Å²) in [6.45, 7) is 10.3. The Morgan fingerprint density at radius 2 is 1.93 bits per heavy atom. The van der Waals surface area contributed by atoms with Crippen LogP contribution in [0.25, 0.3) is 0 Å². The minimum absolute atomic E-state index is 0.166. The molecule has 0 aliphatic carbocycles. The highest BCUT2D eigenvalue weighted by atomic mass is 32.2. The van der Waals surface area contributed by atoms with Gasteiger partial charge in [0.1, 0.15) is 0 Å². The third kappa shape index (κ3) is 5.08. The monoisotopic (exact) mass is 391 g/mol. The molecule has 5 nitrogen and oxygen atoms in total. The Bertz CT molecular complexity index is 796. The maximum atomic E-state index is 13.0. The van der Waals surface area contributed by atoms with Gasteiger partial charge >= 0.3 is 5.97 Å². The van der Waals surface area contributed by atoms with Crippen LogP contribution >= 0.6 is 0 Å². The lowest BCUT2D eigenvalue weighted by molar-refractivity contribution is -0.142. The standard InChI is InChI=1S/C21H29NO4S/c1-5-19(21(23)24)20-12-13-22(14-17(20)9-6-15(2)3)27(25,26)18-10-7-16(4)8-11-18/h5-11,15,17,19-20H,1,12-14H2,2-4H3,(H,23,24)/b9-6+/t17-,19-,20-/m0/s1. The number of hydrogen-bond acceptors (Lipinski definition) is 3. The molecule has 1 aromatic carbocycles. The first-order valence-corrected chi connectivity index (χ1v) is 10.7. The highest BCUT2D eigenvalue weighted by Crippen LogP contribution is 2.34. The first kappa shape index (κ1) is 21.4. The first-order chi connectivity index (χ1) is 12.7. The van der Waals surface area contributed by atoms with E-state index in [1.807, 2.05) is 32.9 Å². The van der Waals surface area contributed by atoms with E-state index in [1.165, 1.54) is 10.4 Å². The van der Waals surface area contributed by atoms with Gasteiger partial charge in [-0.1, -0.05) is 49.8 Å². The lowest BCUT2D eigenvalue weighted by atomic mass is 9.76. The van der Waals surface area contributed by atoms with Crippen molar-refractivity contribution in [2.45, 2.75) is 32.1 Å². The molecular formula is C21H29NO4S. The number of nitrogens with zero attached hydrogens (tertiary/aromatic N) is 1. The number of hydrogen-bond donors (Lipinski definition) is 1. The number of sulfonamides is 1. The van der Waals surface area contributed by atoms with Gasteiger partial charge in [-0.05, 0) is 43.2 Å². The molecule has 0 unspecified atom stereocenters. The normalized spacial score (nSPS) is 22.8. The number of benzene rings is 1. The van der Waals surface area contributed by atoms with Gasteiger partial charge < -0.3 is 5.11 Å². The average Bonchev–Trinajstić information content (AvgIpc) is 2.61. The summed E-state index contributed by atoms with van der Waals surface area (Å²) in [4.78, 5) is 11.9. The van der Waals surface area contributed by atoms with Crippen LogP contribution in [0.4, 0.5) is 0 Å². The number of rotatable bonds is 7. The van der Waals surface area contributed by atoms with Gasteiger partial charge in [0.25, 0.3) is 0 Å². The van der Waals surface area contributed by atoms with Gasteiger partial charge in [0.15, 0.2) is 0 Å². The molecule has 1 aliphatic heterocycles. The molecule has 1 heterocycles. The van der Waals surface area contributed by atoms with E-state index in [0.29, 0.717) is 18.9 Å². The maximum Gasteiger partial charge on any atom is 0.310 e. The lowest BCUT2D eigenvalue weighted by Gasteiger charge is -2.38. The number of carbonyl (C=O) groups is 1. The molecule has 0 saturated carbocycles. The average molecular weight is 392 g/mol. The number of aliphatic carboxylic acids is 1. The maximum absolute atomic E-state index is 13.0. The summed E-state index contributed by atoms with van der Waals surface area (Å²) < 4.78 is 27.5. The summed E-state index contributed by atoms with van der Waals surface area (Å²) in [5.74, 6) is -1.62. The van der Waals surface area contributed by atoms with E-state index in [-0.39, 0.29) is 23.3 Å². The van der Waals surface area contributed by atoms with Crippen molar-refractivity contribution in [3.63, 3.8) is 0 Å². The molecule has 0 spiro atoms. The predicted octanol–water partition coefficient (Wildman–Crippen LogP) is 3.72. The van der Waals surface area contributed by atoms with Crippen molar-refractivity contribution < 1.29 is 18.3 Å².